The summed E-state index contributed by atoms with van der Waals surface area (Å²) in [6, 6.07) is 9.24. The molecular formula is C27H36ClN7O3. The maximum absolute atomic E-state index is 13.2. The highest BCUT2D eigenvalue weighted by Crippen LogP contribution is 2.30. The zero-order valence-electron chi connectivity index (χ0n) is 22.4. The number of aromatic nitrogens is 2. The molecule has 0 bridgehead atoms. The molecule has 2 amide bonds. The van der Waals surface area contributed by atoms with E-state index in [2.05, 4.69) is 20.3 Å². The molecule has 0 radical (unpaired) electrons. The molecule has 2 N–H and O–H groups in total. The normalized spacial score (nSPS) is 13.8. The van der Waals surface area contributed by atoms with Crippen molar-refractivity contribution in [3.63, 3.8) is 0 Å². The van der Waals surface area contributed by atoms with E-state index in [1.165, 1.54) is 11.1 Å². The predicted molar refractivity (Wildman–Crippen MR) is 146 cm³/mol. The first-order chi connectivity index (χ1) is 18.0. The van der Waals surface area contributed by atoms with E-state index in [1.54, 1.807) is 17.1 Å². The number of hydrogen-bond donors (Lipinski definition) is 2. The summed E-state index contributed by atoms with van der Waals surface area (Å²) in [5, 5.41) is 20.7. The molecule has 0 aliphatic heterocycles. The Labute approximate surface area is 229 Å². The van der Waals surface area contributed by atoms with Crippen molar-refractivity contribution in [2.45, 2.75) is 59.0 Å². The van der Waals surface area contributed by atoms with Crippen LogP contribution >= 0.6 is 11.6 Å². The fourth-order valence-corrected chi connectivity index (χ4v) is 4.68. The number of rotatable bonds is 10. The topological polar surface area (TPSA) is 126 Å². The fourth-order valence-electron chi connectivity index (χ4n) is 4.49. The zero-order chi connectivity index (χ0) is 27.9. The molecule has 1 aliphatic rings. The van der Waals surface area contributed by atoms with E-state index < -0.39 is 6.09 Å². The van der Waals surface area contributed by atoms with Crippen LogP contribution in [0.15, 0.2) is 30.5 Å². The molecule has 0 spiro atoms. The highest BCUT2D eigenvalue weighted by atomic mass is 35.5. The quantitative estimate of drug-likeness (QED) is 0.419. The van der Waals surface area contributed by atoms with E-state index >= 15 is 0 Å². The Kier molecular flexibility index (Phi) is 9.89. The lowest BCUT2D eigenvalue weighted by Gasteiger charge is -2.30. The van der Waals surface area contributed by atoms with Gasteiger partial charge >= 0.3 is 6.09 Å². The maximum atomic E-state index is 13.2. The first-order valence-electron chi connectivity index (χ1n) is 12.7. The van der Waals surface area contributed by atoms with Crippen molar-refractivity contribution in [1.29, 1.82) is 5.26 Å². The molecule has 0 atom stereocenters. The van der Waals surface area contributed by atoms with Crippen LogP contribution in [-0.4, -0.2) is 69.6 Å². The summed E-state index contributed by atoms with van der Waals surface area (Å²) in [6.45, 7) is 8.14. The van der Waals surface area contributed by atoms with E-state index in [0.29, 0.717) is 37.6 Å². The van der Waals surface area contributed by atoms with Crippen LogP contribution in [0.5, 0.6) is 0 Å². The number of amides is 2. The lowest BCUT2D eigenvalue weighted by Crippen LogP contribution is -2.48. The molecule has 1 fully saturated rings. The van der Waals surface area contributed by atoms with E-state index in [4.69, 9.17) is 11.6 Å². The highest BCUT2D eigenvalue weighted by Gasteiger charge is 2.28. The van der Waals surface area contributed by atoms with Crippen LogP contribution in [0.1, 0.15) is 68.2 Å². The number of likely N-dealkylation sites (N-methyl/N-ethyl adjacent to an activating group) is 1. The molecule has 1 saturated carbocycles. The minimum Gasteiger partial charge on any atom is -0.465 e. The maximum Gasteiger partial charge on any atom is 0.407 e. The number of hydrazine groups is 1. The molecule has 0 saturated heterocycles. The number of carbonyl (C=O) groups excluding carboxylic acids is 1. The van der Waals surface area contributed by atoms with E-state index in [9.17, 15) is 20.0 Å². The molecule has 1 aliphatic carbocycles. The van der Waals surface area contributed by atoms with Crippen LogP contribution in [0.2, 0.25) is 5.02 Å². The van der Waals surface area contributed by atoms with Gasteiger partial charge in [0.2, 0.25) is 5.82 Å². The number of carbonyl (C=O) groups is 2. The second-order valence-electron chi connectivity index (χ2n) is 10.9. The van der Waals surface area contributed by atoms with Crippen molar-refractivity contribution in [3.8, 4) is 6.07 Å². The van der Waals surface area contributed by atoms with Crippen molar-refractivity contribution in [2.75, 3.05) is 31.7 Å². The molecule has 10 nitrogen and oxygen atoms in total. The lowest BCUT2D eigenvalue weighted by atomic mass is 9.96. The number of nitrogens with one attached hydrogen (secondary N) is 1. The summed E-state index contributed by atoms with van der Waals surface area (Å²) in [6.07, 6.45) is 4.29. The summed E-state index contributed by atoms with van der Waals surface area (Å²) in [5.74, 6) is 0.00264. The lowest BCUT2D eigenvalue weighted by molar-refractivity contribution is 0.0943. The van der Waals surface area contributed by atoms with Gasteiger partial charge in [0, 0.05) is 31.7 Å². The molecule has 3 rings (SSSR count). The average Bonchev–Trinajstić information content (AvgIpc) is 3.40. The minimum absolute atomic E-state index is 0.0139. The van der Waals surface area contributed by atoms with Crippen LogP contribution in [0.25, 0.3) is 0 Å². The number of benzene rings is 1. The third-order valence-corrected chi connectivity index (χ3v) is 6.59. The summed E-state index contributed by atoms with van der Waals surface area (Å²) >= 11 is 6.35. The van der Waals surface area contributed by atoms with E-state index in [1.807, 2.05) is 46.0 Å². The molecule has 11 heteroatoms. The first kappa shape index (κ1) is 29.1. The summed E-state index contributed by atoms with van der Waals surface area (Å²) in [4.78, 5) is 36.4. The van der Waals surface area contributed by atoms with Crippen LogP contribution < -0.4 is 10.4 Å². The van der Waals surface area contributed by atoms with Gasteiger partial charge in [-0.05, 0) is 43.0 Å². The second-order valence-corrected chi connectivity index (χ2v) is 11.3. The number of carboxylic acid groups (broad SMARTS) is 1. The van der Waals surface area contributed by atoms with Crippen LogP contribution in [0.4, 0.5) is 10.6 Å². The summed E-state index contributed by atoms with van der Waals surface area (Å²) in [7, 11) is 1.94. The second kappa shape index (κ2) is 12.9. The molecular weight excluding hydrogens is 506 g/mol. The van der Waals surface area contributed by atoms with Crippen molar-refractivity contribution < 1.29 is 14.7 Å². The van der Waals surface area contributed by atoms with Gasteiger partial charge in [-0.25, -0.2) is 9.78 Å². The molecule has 204 valence electrons. The van der Waals surface area contributed by atoms with Gasteiger partial charge in [0.25, 0.3) is 5.91 Å². The van der Waals surface area contributed by atoms with E-state index in [0.717, 1.165) is 31.2 Å². The van der Waals surface area contributed by atoms with Crippen molar-refractivity contribution in [1.82, 2.24) is 25.2 Å². The number of anilines is 1. The predicted octanol–water partition coefficient (Wildman–Crippen LogP) is 4.55. The first-order valence-corrected chi connectivity index (χ1v) is 13.1. The third-order valence-electron chi connectivity index (χ3n) is 6.32. The fraction of sp³-hybridized carbons (Fsp3) is 0.519. The van der Waals surface area contributed by atoms with Gasteiger partial charge in [-0.2, -0.15) is 10.2 Å². The Hall–Kier alpha value is -3.42. The number of halogens is 1. The number of hydrogen-bond acceptors (Lipinski definition) is 7. The molecule has 0 unspecified atom stereocenters. The van der Waals surface area contributed by atoms with Gasteiger partial charge in [0.1, 0.15) is 11.1 Å². The van der Waals surface area contributed by atoms with Crippen molar-refractivity contribution in [3.05, 3.63) is 52.4 Å². The molecule has 2 aromatic rings. The average molecular weight is 542 g/mol. The zero-order valence-corrected chi connectivity index (χ0v) is 23.2. The Bertz CT molecular complexity index is 1150. The van der Waals surface area contributed by atoms with Crippen LogP contribution in [0.3, 0.4) is 0 Å². The Morgan fingerprint density at radius 2 is 1.84 bits per heavy atom. The largest absolute Gasteiger partial charge is 0.465 e. The molecule has 1 heterocycles. The Morgan fingerprint density at radius 1 is 1.18 bits per heavy atom. The number of nitriles is 1. The Morgan fingerprint density at radius 3 is 2.42 bits per heavy atom. The molecule has 1 aromatic heterocycles. The highest BCUT2D eigenvalue weighted by molar-refractivity contribution is 6.32. The van der Waals surface area contributed by atoms with Gasteiger partial charge < -0.3 is 14.9 Å². The van der Waals surface area contributed by atoms with E-state index in [-0.39, 0.29) is 28.2 Å². The summed E-state index contributed by atoms with van der Waals surface area (Å²) in [5.41, 5.74) is 4.32. The molecule has 38 heavy (non-hydrogen) atoms. The van der Waals surface area contributed by atoms with Crippen LogP contribution in [-0.2, 0) is 6.54 Å². The molecule has 1 aromatic carbocycles. The van der Waals surface area contributed by atoms with Crippen LogP contribution in [0, 0.1) is 16.7 Å². The van der Waals surface area contributed by atoms with Crippen molar-refractivity contribution >= 4 is 29.4 Å². The third kappa shape index (κ3) is 8.30. The number of nitrogens with zero attached hydrogens (tertiary/aromatic N) is 6. The van der Waals surface area contributed by atoms with Gasteiger partial charge in [0.05, 0.1) is 12.2 Å². The summed E-state index contributed by atoms with van der Waals surface area (Å²) < 4.78 is 0. The smallest absolute Gasteiger partial charge is 0.407 e. The van der Waals surface area contributed by atoms with Gasteiger partial charge in [-0.3, -0.25) is 15.2 Å². The minimum atomic E-state index is -0.914. The standard InChI is InChI=1S/C27H36ClN7O3/c1-27(2,3)18-34(26(37)38)14-13-33(4)17-19-9-11-20(12-10-19)25(36)32-35(21-7-5-6-8-21)24-22(28)16-30-23(15-29)31-24/h9-12,16,21H,5-8,13-14,17-18H2,1-4H3,(H,32,36)(H,37,38). The SMILES string of the molecule is CN(CCN(CC(C)(C)C)C(=O)O)Cc1ccc(C(=O)NN(c2nc(C#N)ncc2Cl)C2CCCC2)cc1. The monoisotopic (exact) mass is 541 g/mol. The van der Waals surface area contributed by atoms with Gasteiger partial charge in [-0.1, -0.05) is 57.3 Å². The van der Waals surface area contributed by atoms with Crippen molar-refractivity contribution in [2.24, 2.45) is 5.41 Å². The van der Waals surface area contributed by atoms with Gasteiger partial charge in [-0.15, -0.1) is 0 Å². The van der Waals surface area contributed by atoms with Gasteiger partial charge in [0.15, 0.2) is 5.82 Å². The Balaban J connectivity index is 1.64.